The molecule has 0 saturated heterocycles. The number of aromatic nitrogens is 2. The van der Waals surface area contributed by atoms with Crippen LogP contribution in [-0.2, 0) is 10.0 Å². The predicted octanol–water partition coefficient (Wildman–Crippen LogP) is 4.92. The van der Waals surface area contributed by atoms with Gasteiger partial charge in [-0.2, -0.15) is 4.98 Å². The molecule has 0 fully saturated rings. The van der Waals surface area contributed by atoms with Crippen molar-refractivity contribution in [3.8, 4) is 5.75 Å². The Balaban J connectivity index is 1.77. The average Bonchev–Trinajstić information content (AvgIpc) is 2.70. The molecule has 0 aliphatic carbocycles. The highest BCUT2D eigenvalue weighted by Gasteiger charge is 2.20. The van der Waals surface area contributed by atoms with Crippen molar-refractivity contribution >= 4 is 49.1 Å². The highest BCUT2D eigenvalue weighted by atomic mass is 79.9. The first-order valence-electron chi connectivity index (χ1n) is 9.72. The molecule has 0 radical (unpaired) electrons. The van der Waals surface area contributed by atoms with Gasteiger partial charge in [-0.25, -0.2) is 13.4 Å². The minimum atomic E-state index is -3.84. The van der Waals surface area contributed by atoms with Crippen LogP contribution in [0, 0.1) is 6.92 Å². The molecule has 0 aliphatic heterocycles. The molecule has 0 atom stereocenters. The third-order valence-corrected chi connectivity index (χ3v) is 6.00. The van der Waals surface area contributed by atoms with Crippen LogP contribution in [0.3, 0.4) is 0 Å². The summed E-state index contributed by atoms with van der Waals surface area (Å²) < 4.78 is 34.5. The third-order valence-electron chi connectivity index (χ3n) is 4.10. The molecule has 3 aromatic rings. The molecule has 0 saturated carbocycles. The normalized spacial score (nSPS) is 11.1. The van der Waals surface area contributed by atoms with Gasteiger partial charge in [0.05, 0.1) is 6.61 Å². The number of benzene rings is 2. The van der Waals surface area contributed by atoms with Crippen molar-refractivity contribution in [1.29, 1.82) is 0 Å². The molecule has 1 aromatic heterocycles. The fourth-order valence-electron chi connectivity index (χ4n) is 2.82. The first-order valence-corrected chi connectivity index (χ1v) is 12.0. The molecule has 10 heteroatoms. The molecule has 0 aliphatic rings. The zero-order valence-electron chi connectivity index (χ0n) is 17.4. The monoisotopic (exact) mass is 505 g/mol. The second-order valence-electron chi connectivity index (χ2n) is 6.58. The predicted molar refractivity (Wildman–Crippen MR) is 127 cm³/mol. The van der Waals surface area contributed by atoms with E-state index in [0.717, 1.165) is 23.7 Å². The summed E-state index contributed by atoms with van der Waals surface area (Å²) in [4.78, 5) is 8.85. The molecule has 164 valence electrons. The van der Waals surface area contributed by atoms with Crippen molar-refractivity contribution in [2.75, 3.05) is 28.5 Å². The van der Waals surface area contributed by atoms with Crippen molar-refractivity contribution in [2.45, 2.75) is 25.7 Å². The topological polar surface area (TPSA) is 105 Å². The molecular weight excluding hydrogens is 482 g/mol. The zero-order valence-corrected chi connectivity index (χ0v) is 19.8. The fourth-order valence-corrected chi connectivity index (χ4v) is 4.57. The largest absolute Gasteiger partial charge is 0.492 e. The summed E-state index contributed by atoms with van der Waals surface area (Å²) >= 11 is 3.31. The average molecular weight is 506 g/mol. The smallest absolute Gasteiger partial charge is 0.265 e. The van der Waals surface area contributed by atoms with Crippen molar-refractivity contribution in [3.05, 3.63) is 58.7 Å². The number of nitrogens with one attached hydrogen (secondary N) is 3. The lowest BCUT2D eigenvalue weighted by Crippen LogP contribution is -2.14. The Morgan fingerprint density at radius 3 is 2.39 bits per heavy atom. The van der Waals surface area contributed by atoms with Crippen molar-refractivity contribution < 1.29 is 13.2 Å². The number of sulfonamides is 1. The molecule has 1 heterocycles. The van der Waals surface area contributed by atoms with E-state index in [1.165, 1.54) is 6.07 Å². The Labute approximate surface area is 190 Å². The van der Waals surface area contributed by atoms with Crippen LogP contribution in [0.25, 0.3) is 0 Å². The van der Waals surface area contributed by atoms with Crippen LogP contribution in [-0.4, -0.2) is 31.5 Å². The summed E-state index contributed by atoms with van der Waals surface area (Å²) in [6.07, 6.45) is 0. The summed E-state index contributed by atoms with van der Waals surface area (Å²) in [5.74, 6) is 1.49. The number of hydrogen-bond donors (Lipinski definition) is 3. The van der Waals surface area contributed by atoms with Crippen LogP contribution in [0.2, 0.25) is 0 Å². The van der Waals surface area contributed by atoms with Gasteiger partial charge in [0.15, 0.2) is 0 Å². The van der Waals surface area contributed by atoms with Gasteiger partial charge in [-0.1, -0.05) is 15.9 Å². The molecular formula is C21H24BrN5O3S. The van der Waals surface area contributed by atoms with Crippen molar-refractivity contribution in [2.24, 2.45) is 0 Å². The van der Waals surface area contributed by atoms with Gasteiger partial charge in [0, 0.05) is 34.2 Å². The highest BCUT2D eigenvalue weighted by molar-refractivity contribution is 9.10. The second kappa shape index (κ2) is 9.97. The molecule has 0 amide bonds. The SMILES string of the molecule is CCNc1cc(C)nc(Nc2ccc(NS(=O)(=O)c3cc(Br)ccc3OCC)cc2)n1. The van der Waals surface area contributed by atoms with E-state index in [2.05, 4.69) is 41.3 Å². The minimum Gasteiger partial charge on any atom is -0.492 e. The van der Waals surface area contributed by atoms with Crippen LogP contribution in [0.4, 0.5) is 23.1 Å². The molecule has 0 spiro atoms. The van der Waals surface area contributed by atoms with E-state index in [-0.39, 0.29) is 4.90 Å². The molecule has 0 bridgehead atoms. The quantitative estimate of drug-likeness (QED) is 0.378. The van der Waals surface area contributed by atoms with E-state index >= 15 is 0 Å². The molecule has 8 nitrogen and oxygen atoms in total. The van der Waals surface area contributed by atoms with Gasteiger partial charge in [-0.15, -0.1) is 0 Å². The first-order chi connectivity index (χ1) is 14.8. The zero-order chi connectivity index (χ0) is 22.4. The van der Waals surface area contributed by atoms with E-state index in [1.807, 2.05) is 19.9 Å². The molecule has 3 rings (SSSR count). The van der Waals surface area contributed by atoms with E-state index in [1.54, 1.807) is 43.3 Å². The van der Waals surface area contributed by atoms with E-state index in [0.29, 0.717) is 28.5 Å². The van der Waals surface area contributed by atoms with Gasteiger partial charge in [0.1, 0.15) is 16.5 Å². The summed E-state index contributed by atoms with van der Waals surface area (Å²) in [5, 5.41) is 6.29. The van der Waals surface area contributed by atoms with Crippen LogP contribution < -0.4 is 20.1 Å². The van der Waals surface area contributed by atoms with E-state index in [9.17, 15) is 8.42 Å². The number of aryl methyl sites for hydroxylation is 1. The van der Waals surface area contributed by atoms with Crippen LogP contribution >= 0.6 is 15.9 Å². The number of nitrogens with zero attached hydrogens (tertiary/aromatic N) is 2. The Kier molecular flexibility index (Phi) is 7.34. The number of rotatable bonds is 9. The lowest BCUT2D eigenvalue weighted by atomic mass is 10.3. The molecule has 31 heavy (non-hydrogen) atoms. The maximum atomic E-state index is 12.9. The fraction of sp³-hybridized carbons (Fsp3) is 0.238. The van der Waals surface area contributed by atoms with Crippen molar-refractivity contribution in [3.63, 3.8) is 0 Å². The van der Waals surface area contributed by atoms with Gasteiger partial charge in [-0.3, -0.25) is 4.72 Å². The van der Waals surface area contributed by atoms with Gasteiger partial charge in [0.25, 0.3) is 10.0 Å². The number of hydrogen-bond acceptors (Lipinski definition) is 7. The third kappa shape index (κ3) is 6.08. The van der Waals surface area contributed by atoms with Crippen molar-refractivity contribution in [1.82, 2.24) is 9.97 Å². The van der Waals surface area contributed by atoms with Gasteiger partial charge in [0.2, 0.25) is 5.95 Å². The van der Waals surface area contributed by atoms with Crippen LogP contribution in [0.15, 0.2) is 57.9 Å². The Morgan fingerprint density at radius 2 is 1.71 bits per heavy atom. The maximum Gasteiger partial charge on any atom is 0.265 e. The van der Waals surface area contributed by atoms with Crippen LogP contribution in [0.5, 0.6) is 5.75 Å². The van der Waals surface area contributed by atoms with Gasteiger partial charge >= 0.3 is 0 Å². The lowest BCUT2D eigenvalue weighted by molar-refractivity contribution is 0.331. The number of halogens is 1. The van der Waals surface area contributed by atoms with Gasteiger partial charge < -0.3 is 15.4 Å². The highest BCUT2D eigenvalue weighted by Crippen LogP contribution is 2.29. The second-order valence-corrected chi connectivity index (χ2v) is 9.15. The van der Waals surface area contributed by atoms with Gasteiger partial charge in [-0.05, 0) is 63.2 Å². The molecule has 0 unspecified atom stereocenters. The molecule has 3 N–H and O–H groups in total. The van der Waals surface area contributed by atoms with E-state index in [4.69, 9.17) is 4.74 Å². The number of anilines is 4. The lowest BCUT2D eigenvalue weighted by Gasteiger charge is -2.13. The Bertz CT molecular complexity index is 1150. The minimum absolute atomic E-state index is 0.0649. The summed E-state index contributed by atoms with van der Waals surface area (Å²) in [5.41, 5.74) is 1.98. The number of ether oxygens (including phenoxy) is 1. The standard InChI is InChI=1S/C21H24BrN5O3S/c1-4-23-20-12-14(3)24-21(26-20)25-16-7-9-17(10-8-16)27-31(28,29)19-13-15(22)6-11-18(19)30-5-2/h6-13,27H,4-5H2,1-3H3,(H2,23,24,25,26). The summed E-state index contributed by atoms with van der Waals surface area (Å²) in [6, 6.07) is 13.6. The first kappa shape index (κ1) is 22.8. The maximum absolute atomic E-state index is 12.9. The van der Waals surface area contributed by atoms with Crippen LogP contribution in [0.1, 0.15) is 19.5 Å². The Morgan fingerprint density at radius 1 is 1.00 bits per heavy atom. The van der Waals surface area contributed by atoms with E-state index < -0.39 is 10.0 Å². The molecule has 2 aromatic carbocycles. The summed E-state index contributed by atoms with van der Waals surface area (Å²) in [6.45, 7) is 6.81. The Hall–Kier alpha value is -2.85. The summed E-state index contributed by atoms with van der Waals surface area (Å²) in [7, 11) is -3.84.